The standard InChI is InChI=1S/C20H21FN6O3S/c1-14(2)19-20(31(28,29)30-17-5-3-4-16(21)12-17)27(13-15-6-9-23-10-7-15)18(25-19)8-11-24-26-22/h3-7,9-10,12,14H,8,11,13H2,1-2H3. The van der Waals surface area contributed by atoms with E-state index in [0.29, 0.717) is 11.5 Å². The maximum absolute atomic E-state index is 13.6. The molecule has 3 aromatic rings. The minimum absolute atomic E-state index is 0.112. The van der Waals surface area contributed by atoms with Gasteiger partial charge in [-0.2, -0.15) is 8.42 Å². The molecule has 0 amide bonds. The van der Waals surface area contributed by atoms with Gasteiger partial charge in [0.25, 0.3) is 0 Å². The lowest BCUT2D eigenvalue weighted by molar-refractivity contribution is 0.468. The number of pyridine rings is 1. The molecule has 3 rings (SSSR count). The zero-order chi connectivity index (χ0) is 22.4. The Kier molecular flexibility index (Phi) is 6.88. The summed E-state index contributed by atoms with van der Waals surface area (Å²) in [6.45, 7) is 3.94. The predicted molar refractivity (Wildman–Crippen MR) is 112 cm³/mol. The third-order valence-corrected chi connectivity index (χ3v) is 5.71. The van der Waals surface area contributed by atoms with Crippen LogP contribution in [0.5, 0.6) is 5.75 Å². The first-order chi connectivity index (χ1) is 14.8. The highest BCUT2D eigenvalue weighted by atomic mass is 32.2. The van der Waals surface area contributed by atoms with Crippen molar-refractivity contribution in [2.75, 3.05) is 6.54 Å². The van der Waals surface area contributed by atoms with Crippen LogP contribution in [0.4, 0.5) is 4.39 Å². The summed E-state index contributed by atoms with van der Waals surface area (Å²) in [6.07, 6.45) is 3.45. The Labute approximate surface area is 179 Å². The van der Waals surface area contributed by atoms with Crippen molar-refractivity contribution in [2.24, 2.45) is 5.11 Å². The van der Waals surface area contributed by atoms with Crippen LogP contribution in [-0.2, 0) is 23.1 Å². The second-order valence-corrected chi connectivity index (χ2v) is 8.48. The van der Waals surface area contributed by atoms with Crippen molar-refractivity contribution >= 4 is 10.1 Å². The van der Waals surface area contributed by atoms with Gasteiger partial charge < -0.3 is 8.75 Å². The van der Waals surface area contributed by atoms with Gasteiger partial charge in [-0.3, -0.25) is 4.98 Å². The third-order valence-electron chi connectivity index (χ3n) is 4.40. The van der Waals surface area contributed by atoms with Gasteiger partial charge >= 0.3 is 10.1 Å². The molecule has 0 aliphatic rings. The number of azide groups is 1. The van der Waals surface area contributed by atoms with Crippen LogP contribution in [0, 0.1) is 5.82 Å². The average Bonchev–Trinajstić information content (AvgIpc) is 3.08. The Morgan fingerprint density at radius 3 is 2.65 bits per heavy atom. The Bertz CT molecular complexity index is 1200. The summed E-state index contributed by atoms with van der Waals surface area (Å²) in [5, 5.41) is 3.42. The van der Waals surface area contributed by atoms with Crippen molar-refractivity contribution in [3.63, 3.8) is 0 Å². The molecule has 0 saturated heterocycles. The van der Waals surface area contributed by atoms with Crippen molar-refractivity contribution in [3.8, 4) is 5.75 Å². The molecule has 0 unspecified atom stereocenters. The van der Waals surface area contributed by atoms with Crippen LogP contribution in [-0.4, -0.2) is 29.5 Å². The van der Waals surface area contributed by atoms with Crippen LogP contribution < -0.4 is 4.18 Å². The quantitative estimate of drug-likeness (QED) is 0.212. The Balaban J connectivity index is 2.13. The molecule has 2 aromatic heterocycles. The van der Waals surface area contributed by atoms with Gasteiger partial charge in [0.2, 0.25) is 0 Å². The summed E-state index contributed by atoms with van der Waals surface area (Å²) >= 11 is 0. The molecule has 11 heteroatoms. The molecule has 9 nitrogen and oxygen atoms in total. The first-order valence-corrected chi connectivity index (χ1v) is 10.9. The lowest BCUT2D eigenvalue weighted by Gasteiger charge is -2.14. The summed E-state index contributed by atoms with van der Waals surface area (Å²) in [6, 6.07) is 8.44. The summed E-state index contributed by atoms with van der Waals surface area (Å²) in [7, 11) is -4.35. The molecule has 0 radical (unpaired) electrons. The molecular formula is C20H21FN6O3S. The normalized spacial score (nSPS) is 11.4. The van der Waals surface area contributed by atoms with Crippen molar-refractivity contribution in [2.45, 2.75) is 37.8 Å². The second-order valence-electron chi connectivity index (χ2n) is 7.01. The minimum atomic E-state index is -4.35. The van der Waals surface area contributed by atoms with Crippen LogP contribution in [0.2, 0.25) is 0 Å². The average molecular weight is 444 g/mol. The van der Waals surface area contributed by atoms with E-state index in [0.717, 1.165) is 11.6 Å². The van der Waals surface area contributed by atoms with E-state index in [1.165, 1.54) is 22.8 Å². The zero-order valence-corrected chi connectivity index (χ0v) is 17.8. The highest BCUT2D eigenvalue weighted by Crippen LogP contribution is 2.29. The maximum Gasteiger partial charge on any atom is 0.357 e. The first-order valence-electron chi connectivity index (χ1n) is 9.51. The molecule has 0 fully saturated rings. The second kappa shape index (κ2) is 9.59. The topological polar surface area (TPSA) is 123 Å². The molecule has 0 atom stereocenters. The number of aromatic nitrogens is 3. The third kappa shape index (κ3) is 5.39. The van der Waals surface area contributed by atoms with Crippen LogP contribution in [0.1, 0.15) is 36.8 Å². The number of nitrogens with zero attached hydrogens (tertiary/aromatic N) is 6. The molecule has 162 valence electrons. The summed E-state index contributed by atoms with van der Waals surface area (Å²) in [5.41, 5.74) is 9.71. The van der Waals surface area contributed by atoms with Gasteiger partial charge in [-0.15, -0.1) is 0 Å². The fraction of sp³-hybridized carbons (Fsp3) is 0.300. The summed E-state index contributed by atoms with van der Waals surface area (Å²) < 4.78 is 46.9. The number of hydrogen-bond acceptors (Lipinski definition) is 6. The first kappa shape index (κ1) is 22.3. The highest BCUT2D eigenvalue weighted by molar-refractivity contribution is 7.87. The molecule has 31 heavy (non-hydrogen) atoms. The molecule has 0 spiro atoms. The van der Waals surface area contributed by atoms with Gasteiger partial charge in [0.05, 0.1) is 12.2 Å². The van der Waals surface area contributed by atoms with Gasteiger partial charge in [0.1, 0.15) is 17.4 Å². The Morgan fingerprint density at radius 2 is 2.00 bits per heavy atom. The van der Waals surface area contributed by atoms with E-state index in [1.54, 1.807) is 24.5 Å². The van der Waals surface area contributed by atoms with Gasteiger partial charge in [0.15, 0.2) is 5.03 Å². The number of rotatable bonds is 9. The predicted octanol–water partition coefficient (Wildman–Crippen LogP) is 4.21. The number of halogens is 1. The van der Waals surface area contributed by atoms with Gasteiger partial charge in [-0.05, 0) is 41.3 Å². The number of benzene rings is 1. The summed E-state index contributed by atoms with van der Waals surface area (Å²) in [4.78, 5) is 11.3. The summed E-state index contributed by atoms with van der Waals surface area (Å²) in [5.74, 6) is -0.550. The Morgan fingerprint density at radius 1 is 1.26 bits per heavy atom. The monoisotopic (exact) mass is 444 g/mol. The fourth-order valence-corrected chi connectivity index (χ4v) is 4.46. The molecular weight excluding hydrogens is 423 g/mol. The largest absolute Gasteiger partial charge is 0.378 e. The smallest absolute Gasteiger partial charge is 0.357 e. The van der Waals surface area contributed by atoms with Crippen LogP contribution in [0.3, 0.4) is 0 Å². The van der Waals surface area contributed by atoms with E-state index in [9.17, 15) is 12.8 Å². The van der Waals surface area contributed by atoms with E-state index in [-0.39, 0.29) is 36.2 Å². The van der Waals surface area contributed by atoms with E-state index in [1.807, 2.05) is 13.8 Å². The molecule has 1 aromatic carbocycles. The minimum Gasteiger partial charge on any atom is -0.378 e. The van der Waals surface area contributed by atoms with Crippen molar-refractivity contribution < 1.29 is 17.0 Å². The fourth-order valence-electron chi connectivity index (χ4n) is 3.05. The van der Waals surface area contributed by atoms with Crippen molar-refractivity contribution in [1.82, 2.24) is 14.5 Å². The van der Waals surface area contributed by atoms with E-state index < -0.39 is 15.9 Å². The van der Waals surface area contributed by atoms with Gasteiger partial charge in [-0.25, -0.2) is 9.37 Å². The lowest BCUT2D eigenvalue weighted by Crippen LogP contribution is -2.19. The van der Waals surface area contributed by atoms with E-state index in [2.05, 4.69) is 20.0 Å². The molecule has 0 saturated carbocycles. The van der Waals surface area contributed by atoms with Crippen molar-refractivity contribution in [1.29, 1.82) is 0 Å². The van der Waals surface area contributed by atoms with Crippen LogP contribution >= 0.6 is 0 Å². The molecule has 0 aliphatic heterocycles. The molecule has 2 heterocycles. The molecule has 0 aliphatic carbocycles. The zero-order valence-electron chi connectivity index (χ0n) is 17.0. The van der Waals surface area contributed by atoms with E-state index >= 15 is 0 Å². The molecule has 0 bridgehead atoms. The highest BCUT2D eigenvalue weighted by Gasteiger charge is 2.31. The maximum atomic E-state index is 13.6. The SMILES string of the molecule is CC(C)c1nc(CCN=[N+]=[N-])n(Cc2ccncc2)c1S(=O)(=O)Oc1cccc(F)c1. The number of imidazole rings is 1. The lowest BCUT2D eigenvalue weighted by atomic mass is 10.1. The number of hydrogen-bond donors (Lipinski definition) is 0. The van der Waals surface area contributed by atoms with Crippen molar-refractivity contribution in [3.05, 3.63) is 82.1 Å². The van der Waals surface area contributed by atoms with Crippen LogP contribution in [0.15, 0.2) is 58.9 Å². The van der Waals surface area contributed by atoms with Gasteiger partial charge in [-0.1, -0.05) is 25.0 Å². The van der Waals surface area contributed by atoms with Gasteiger partial charge in [0, 0.05) is 36.3 Å². The van der Waals surface area contributed by atoms with E-state index in [4.69, 9.17) is 9.71 Å². The Hall–Kier alpha value is -3.43. The van der Waals surface area contributed by atoms with Crippen LogP contribution in [0.25, 0.3) is 10.4 Å². The molecule has 0 N–H and O–H groups in total.